The van der Waals surface area contributed by atoms with Crippen molar-refractivity contribution in [1.82, 2.24) is 4.90 Å². The van der Waals surface area contributed by atoms with E-state index in [1.807, 2.05) is 12.1 Å². The van der Waals surface area contributed by atoms with Gasteiger partial charge in [0.25, 0.3) is 0 Å². The van der Waals surface area contributed by atoms with Crippen LogP contribution in [0.1, 0.15) is 25.3 Å². The number of benzene rings is 2. The number of hydrogen-bond donors (Lipinski definition) is 1. The molecule has 2 heterocycles. The first-order chi connectivity index (χ1) is 15.5. The van der Waals surface area contributed by atoms with E-state index in [-0.39, 0.29) is 28.8 Å². The lowest BCUT2D eigenvalue weighted by Gasteiger charge is -2.31. The van der Waals surface area contributed by atoms with E-state index >= 15 is 0 Å². The lowest BCUT2D eigenvalue weighted by Crippen LogP contribution is -2.39. The van der Waals surface area contributed by atoms with Crippen molar-refractivity contribution in [1.29, 1.82) is 0 Å². The van der Waals surface area contributed by atoms with E-state index in [0.29, 0.717) is 46.5 Å². The fourth-order valence-corrected chi connectivity index (χ4v) is 4.34. The van der Waals surface area contributed by atoms with Crippen molar-refractivity contribution in [2.75, 3.05) is 19.7 Å². The number of para-hydroxylation sites is 1. The fourth-order valence-electron chi connectivity index (χ4n) is 3.97. The molecule has 7 nitrogen and oxygen atoms in total. The molecule has 0 spiro atoms. The van der Waals surface area contributed by atoms with Crippen LogP contribution in [0.25, 0.3) is 11.0 Å². The van der Waals surface area contributed by atoms with Gasteiger partial charge in [-0.15, -0.1) is 0 Å². The maximum atomic E-state index is 13.1. The van der Waals surface area contributed by atoms with Crippen LogP contribution in [0.15, 0.2) is 56.3 Å². The van der Waals surface area contributed by atoms with E-state index in [2.05, 4.69) is 20.8 Å². The summed E-state index contributed by atoms with van der Waals surface area (Å²) < 4.78 is 17.4. The average Bonchev–Trinajstić information content (AvgIpc) is 2.79. The van der Waals surface area contributed by atoms with Crippen LogP contribution in [0, 0.1) is 5.92 Å². The maximum absolute atomic E-state index is 13.1. The normalized spacial score (nSPS) is 16.8. The zero-order valence-corrected chi connectivity index (χ0v) is 19.3. The third kappa shape index (κ3) is 4.66. The predicted molar refractivity (Wildman–Crippen MR) is 123 cm³/mol. The van der Waals surface area contributed by atoms with Crippen LogP contribution < -0.4 is 10.2 Å². The number of phenolic OH excluding ortho intramolecular Hbond substituents is 1. The van der Waals surface area contributed by atoms with Crippen LogP contribution in [-0.4, -0.2) is 35.7 Å². The van der Waals surface area contributed by atoms with E-state index in [4.69, 9.17) is 13.9 Å². The molecule has 4 rings (SSSR count). The molecule has 1 aliphatic heterocycles. The number of rotatable bonds is 6. The lowest BCUT2D eigenvalue weighted by atomic mass is 9.97. The van der Waals surface area contributed by atoms with Gasteiger partial charge >= 0.3 is 5.97 Å². The standard InChI is InChI=1S/C24H24BrNO6/c1-2-30-24(29)15-6-5-11-26(12-15)13-17-19(27)10-9-16-22(28)21(14-31-23(16)17)32-20-8-4-3-7-18(20)25/h3-4,7-10,14-15,27H,2,5-6,11-13H2,1H3. The second-order valence-electron chi connectivity index (χ2n) is 7.73. The monoisotopic (exact) mass is 501 g/mol. The number of hydrogen-bond acceptors (Lipinski definition) is 7. The summed E-state index contributed by atoms with van der Waals surface area (Å²) in [7, 11) is 0. The molecular formula is C24H24BrNO6. The molecule has 32 heavy (non-hydrogen) atoms. The first-order valence-corrected chi connectivity index (χ1v) is 11.3. The molecule has 1 aromatic heterocycles. The summed E-state index contributed by atoms with van der Waals surface area (Å²) in [6.45, 7) is 3.81. The highest BCUT2D eigenvalue weighted by Crippen LogP contribution is 2.32. The molecule has 0 radical (unpaired) electrons. The number of aromatic hydroxyl groups is 1. The smallest absolute Gasteiger partial charge is 0.310 e. The van der Waals surface area contributed by atoms with E-state index in [1.165, 1.54) is 18.4 Å². The largest absolute Gasteiger partial charge is 0.507 e. The number of fused-ring (bicyclic) bond motifs is 1. The molecule has 1 atom stereocenters. The number of halogens is 1. The third-order valence-corrected chi connectivity index (χ3v) is 6.21. The summed E-state index contributed by atoms with van der Waals surface area (Å²) in [6.07, 6.45) is 2.90. The van der Waals surface area contributed by atoms with Gasteiger partial charge in [-0.05, 0) is 66.5 Å². The third-order valence-electron chi connectivity index (χ3n) is 5.55. The van der Waals surface area contributed by atoms with E-state index < -0.39 is 0 Å². The SMILES string of the molecule is CCOC(=O)C1CCCN(Cc2c(O)ccc3c(=O)c(Oc4ccccc4Br)coc23)C1. The minimum Gasteiger partial charge on any atom is -0.507 e. The van der Waals surface area contributed by atoms with E-state index in [1.54, 1.807) is 19.1 Å². The van der Waals surface area contributed by atoms with Crippen LogP contribution >= 0.6 is 15.9 Å². The highest BCUT2D eigenvalue weighted by molar-refractivity contribution is 9.10. The lowest BCUT2D eigenvalue weighted by molar-refractivity contribution is -0.150. The number of ether oxygens (including phenoxy) is 2. The fraction of sp³-hybridized carbons (Fsp3) is 0.333. The summed E-state index contributed by atoms with van der Waals surface area (Å²) >= 11 is 3.40. The molecule has 168 valence electrons. The van der Waals surface area contributed by atoms with Gasteiger partial charge in [-0.2, -0.15) is 0 Å². The first kappa shape index (κ1) is 22.4. The Morgan fingerprint density at radius 3 is 2.84 bits per heavy atom. The molecule has 3 aromatic rings. The zero-order chi connectivity index (χ0) is 22.7. The van der Waals surface area contributed by atoms with Crippen molar-refractivity contribution in [3.63, 3.8) is 0 Å². The Labute approximate surface area is 193 Å². The summed E-state index contributed by atoms with van der Waals surface area (Å²) in [5, 5.41) is 10.8. The summed E-state index contributed by atoms with van der Waals surface area (Å²) in [6, 6.07) is 10.2. The Morgan fingerprint density at radius 2 is 2.06 bits per heavy atom. The molecule has 1 saturated heterocycles. The maximum Gasteiger partial charge on any atom is 0.310 e. The van der Waals surface area contributed by atoms with Crippen LogP contribution in [-0.2, 0) is 16.1 Å². The topological polar surface area (TPSA) is 89.2 Å². The first-order valence-electron chi connectivity index (χ1n) is 10.6. The van der Waals surface area contributed by atoms with Crippen LogP contribution in [0.2, 0.25) is 0 Å². The molecule has 0 amide bonds. The minimum absolute atomic E-state index is 0.0402. The van der Waals surface area contributed by atoms with Crippen molar-refractivity contribution in [3.05, 3.63) is 62.9 Å². The van der Waals surface area contributed by atoms with Gasteiger partial charge in [0.2, 0.25) is 11.2 Å². The highest BCUT2D eigenvalue weighted by atomic mass is 79.9. The summed E-state index contributed by atoms with van der Waals surface area (Å²) in [4.78, 5) is 27.3. The summed E-state index contributed by atoms with van der Waals surface area (Å²) in [5.74, 6) is 0.202. The van der Waals surface area contributed by atoms with Crippen molar-refractivity contribution >= 4 is 32.9 Å². The Kier molecular flexibility index (Phi) is 6.81. The molecule has 0 aliphatic carbocycles. The van der Waals surface area contributed by atoms with Crippen LogP contribution in [0.3, 0.4) is 0 Å². The molecule has 1 aliphatic rings. The molecule has 1 N–H and O–H groups in total. The van der Waals surface area contributed by atoms with Gasteiger partial charge in [0.05, 0.1) is 27.9 Å². The highest BCUT2D eigenvalue weighted by Gasteiger charge is 2.28. The van der Waals surface area contributed by atoms with Crippen molar-refractivity contribution in [3.8, 4) is 17.2 Å². The Balaban J connectivity index is 1.62. The molecule has 1 unspecified atom stereocenters. The second-order valence-corrected chi connectivity index (χ2v) is 8.58. The number of likely N-dealkylation sites (tertiary alicyclic amines) is 1. The molecule has 0 saturated carbocycles. The van der Waals surface area contributed by atoms with Gasteiger partial charge in [-0.1, -0.05) is 12.1 Å². The zero-order valence-electron chi connectivity index (χ0n) is 17.7. The van der Waals surface area contributed by atoms with Crippen molar-refractivity contribution < 1.29 is 23.8 Å². The number of carbonyl (C=O) groups is 1. The molecule has 0 bridgehead atoms. The summed E-state index contributed by atoms with van der Waals surface area (Å²) in [5.41, 5.74) is 0.496. The van der Waals surface area contributed by atoms with Crippen LogP contribution in [0.5, 0.6) is 17.2 Å². The van der Waals surface area contributed by atoms with Gasteiger partial charge in [-0.3, -0.25) is 14.5 Å². The average molecular weight is 502 g/mol. The van der Waals surface area contributed by atoms with Crippen molar-refractivity contribution in [2.45, 2.75) is 26.3 Å². The molecule has 8 heteroatoms. The van der Waals surface area contributed by atoms with Crippen molar-refractivity contribution in [2.24, 2.45) is 5.92 Å². The van der Waals surface area contributed by atoms with Crippen LogP contribution in [0.4, 0.5) is 0 Å². The Morgan fingerprint density at radius 1 is 1.25 bits per heavy atom. The molecule has 1 fully saturated rings. The van der Waals surface area contributed by atoms with E-state index in [0.717, 1.165) is 19.4 Å². The van der Waals surface area contributed by atoms with Gasteiger partial charge in [0.1, 0.15) is 23.3 Å². The van der Waals surface area contributed by atoms with Gasteiger partial charge in [0, 0.05) is 13.1 Å². The minimum atomic E-state index is -0.328. The quantitative estimate of drug-likeness (QED) is 0.483. The molecule has 2 aromatic carbocycles. The Hall–Kier alpha value is -2.84. The van der Waals surface area contributed by atoms with Gasteiger partial charge in [-0.25, -0.2) is 0 Å². The number of esters is 1. The van der Waals surface area contributed by atoms with E-state index in [9.17, 15) is 14.7 Å². The number of nitrogens with zero attached hydrogens (tertiary/aromatic N) is 1. The number of carbonyl (C=O) groups excluding carboxylic acids is 1. The predicted octanol–water partition coefficient (Wildman–Crippen LogP) is 4.83. The van der Waals surface area contributed by atoms with Gasteiger partial charge < -0.3 is 19.0 Å². The molecular weight excluding hydrogens is 478 g/mol. The second kappa shape index (κ2) is 9.75. The Bertz CT molecular complexity index is 1190. The van der Waals surface area contributed by atoms with Gasteiger partial charge in [0.15, 0.2) is 0 Å². The number of piperidine rings is 1. The number of phenols is 1.